The Labute approximate surface area is 139 Å². The average molecular weight is 332 g/mol. The van der Waals surface area contributed by atoms with Crippen molar-refractivity contribution >= 4 is 17.2 Å². The van der Waals surface area contributed by atoms with Crippen molar-refractivity contribution in [1.82, 2.24) is 9.88 Å². The molecule has 0 N–H and O–H groups in total. The fourth-order valence-electron chi connectivity index (χ4n) is 2.76. The number of ether oxygens (including phenoxy) is 2. The van der Waals surface area contributed by atoms with Crippen LogP contribution in [0.1, 0.15) is 31.5 Å². The van der Waals surface area contributed by atoms with E-state index in [1.807, 2.05) is 30.9 Å². The normalized spacial score (nSPS) is 13.7. The summed E-state index contributed by atoms with van der Waals surface area (Å²) in [6, 6.07) is 3.97. The molecule has 2 aromatic rings. The van der Waals surface area contributed by atoms with Crippen molar-refractivity contribution in [2.24, 2.45) is 0 Å². The van der Waals surface area contributed by atoms with E-state index in [1.54, 1.807) is 14.2 Å². The number of benzene rings is 1. The van der Waals surface area contributed by atoms with Crippen molar-refractivity contribution in [1.29, 1.82) is 0 Å². The molecular formula is C17H20N2O3S. The first-order valence-corrected chi connectivity index (χ1v) is 8.32. The Morgan fingerprint density at radius 2 is 1.83 bits per heavy atom. The first-order valence-electron chi connectivity index (χ1n) is 7.50. The average Bonchev–Trinajstić information content (AvgIpc) is 2.91. The van der Waals surface area contributed by atoms with Crippen molar-refractivity contribution in [3.05, 3.63) is 38.8 Å². The van der Waals surface area contributed by atoms with Crippen LogP contribution in [0.25, 0.3) is 0 Å². The summed E-state index contributed by atoms with van der Waals surface area (Å²) in [4.78, 5) is 20.0. The lowest BCUT2D eigenvalue weighted by molar-refractivity contribution is 0.0734. The predicted octanol–water partition coefficient (Wildman–Crippen LogP) is 2.98. The van der Waals surface area contributed by atoms with Crippen molar-refractivity contribution < 1.29 is 14.3 Å². The predicted molar refractivity (Wildman–Crippen MR) is 89.6 cm³/mol. The number of thiazole rings is 1. The van der Waals surface area contributed by atoms with Gasteiger partial charge in [-0.2, -0.15) is 0 Å². The Kier molecular flexibility index (Phi) is 4.26. The maximum Gasteiger partial charge on any atom is 0.283 e. The maximum absolute atomic E-state index is 12.7. The molecular weight excluding hydrogens is 312 g/mol. The smallest absolute Gasteiger partial charge is 0.283 e. The van der Waals surface area contributed by atoms with E-state index in [2.05, 4.69) is 4.98 Å². The van der Waals surface area contributed by atoms with Gasteiger partial charge in [0.2, 0.25) is 0 Å². The number of fused-ring (bicyclic) bond motifs is 1. The minimum Gasteiger partial charge on any atom is -0.493 e. The zero-order valence-corrected chi connectivity index (χ0v) is 14.6. The molecule has 1 amide bonds. The standard InChI is InChI=1S/C17H20N2O3S/c1-10-11(2)23-16(18-10)17(20)19-6-5-12-7-14(21-3)15(22-4)8-13(12)9-19/h7-8H,5-6,9H2,1-4H3. The number of rotatable bonds is 3. The highest BCUT2D eigenvalue weighted by atomic mass is 32.1. The molecule has 2 heterocycles. The van der Waals surface area contributed by atoms with E-state index in [0.717, 1.165) is 28.3 Å². The Hall–Kier alpha value is -2.08. The molecule has 0 aliphatic carbocycles. The molecule has 0 saturated carbocycles. The highest BCUT2D eigenvalue weighted by Gasteiger charge is 2.25. The van der Waals surface area contributed by atoms with Crippen LogP contribution in [0.3, 0.4) is 0 Å². The summed E-state index contributed by atoms with van der Waals surface area (Å²) >= 11 is 1.46. The number of methoxy groups -OCH3 is 2. The Morgan fingerprint density at radius 3 is 2.39 bits per heavy atom. The van der Waals surface area contributed by atoms with Gasteiger partial charge in [-0.05, 0) is 43.5 Å². The van der Waals surface area contributed by atoms with Gasteiger partial charge in [-0.1, -0.05) is 0 Å². The topological polar surface area (TPSA) is 51.7 Å². The van der Waals surface area contributed by atoms with Crippen LogP contribution < -0.4 is 9.47 Å². The van der Waals surface area contributed by atoms with E-state index < -0.39 is 0 Å². The van der Waals surface area contributed by atoms with Crippen LogP contribution in [0.15, 0.2) is 12.1 Å². The van der Waals surface area contributed by atoms with Crippen LogP contribution in [0.5, 0.6) is 11.5 Å². The highest BCUT2D eigenvalue weighted by molar-refractivity contribution is 7.13. The summed E-state index contributed by atoms with van der Waals surface area (Å²) in [6.07, 6.45) is 0.810. The Bertz CT molecular complexity index is 735. The number of amides is 1. The van der Waals surface area contributed by atoms with Gasteiger partial charge in [-0.15, -0.1) is 11.3 Å². The summed E-state index contributed by atoms with van der Waals surface area (Å²) in [6.45, 7) is 5.20. The second-order valence-corrected chi connectivity index (χ2v) is 6.82. The molecule has 6 heteroatoms. The number of carbonyl (C=O) groups excluding carboxylic acids is 1. The molecule has 3 rings (SSSR count). The van der Waals surface area contributed by atoms with Crippen molar-refractivity contribution in [2.75, 3.05) is 20.8 Å². The maximum atomic E-state index is 12.7. The van der Waals surface area contributed by atoms with Crippen LogP contribution in [0, 0.1) is 13.8 Å². The molecule has 0 spiro atoms. The molecule has 0 saturated heterocycles. The third kappa shape index (κ3) is 2.91. The van der Waals surface area contributed by atoms with Gasteiger partial charge < -0.3 is 14.4 Å². The third-order valence-corrected chi connectivity index (χ3v) is 5.28. The van der Waals surface area contributed by atoms with E-state index >= 15 is 0 Å². The van der Waals surface area contributed by atoms with Crippen LogP contribution in [0.2, 0.25) is 0 Å². The molecule has 5 nitrogen and oxygen atoms in total. The highest BCUT2D eigenvalue weighted by Crippen LogP contribution is 2.33. The number of aromatic nitrogens is 1. The lowest BCUT2D eigenvalue weighted by Gasteiger charge is -2.29. The molecule has 0 atom stereocenters. The quantitative estimate of drug-likeness (QED) is 0.867. The minimum atomic E-state index is 0.00614. The van der Waals surface area contributed by atoms with Crippen molar-refractivity contribution in [3.63, 3.8) is 0 Å². The molecule has 0 fully saturated rings. The molecule has 0 bridgehead atoms. The second-order valence-electron chi connectivity index (χ2n) is 5.61. The van der Waals surface area contributed by atoms with Gasteiger partial charge in [0.15, 0.2) is 16.5 Å². The van der Waals surface area contributed by atoms with Gasteiger partial charge in [-0.3, -0.25) is 4.79 Å². The van der Waals surface area contributed by atoms with Crippen LogP contribution in [0.4, 0.5) is 0 Å². The number of hydrogen-bond donors (Lipinski definition) is 0. The molecule has 1 aromatic heterocycles. The molecule has 0 unspecified atom stereocenters. The zero-order chi connectivity index (χ0) is 16.6. The summed E-state index contributed by atoms with van der Waals surface area (Å²) in [5.41, 5.74) is 3.24. The lowest BCUT2D eigenvalue weighted by Crippen LogP contribution is -2.36. The number of carbonyl (C=O) groups is 1. The summed E-state index contributed by atoms with van der Waals surface area (Å²) in [5, 5.41) is 0.573. The number of aryl methyl sites for hydroxylation is 2. The van der Waals surface area contributed by atoms with Gasteiger partial charge in [0, 0.05) is 18.0 Å². The van der Waals surface area contributed by atoms with Gasteiger partial charge in [0.1, 0.15) is 0 Å². The first-order chi connectivity index (χ1) is 11.0. The van der Waals surface area contributed by atoms with E-state index in [-0.39, 0.29) is 5.91 Å². The van der Waals surface area contributed by atoms with Crippen LogP contribution >= 0.6 is 11.3 Å². The van der Waals surface area contributed by atoms with E-state index in [9.17, 15) is 4.79 Å². The molecule has 23 heavy (non-hydrogen) atoms. The molecule has 1 aliphatic rings. The van der Waals surface area contributed by atoms with Crippen molar-refractivity contribution in [2.45, 2.75) is 26.8 Å². The van der Waals surface area contributed by atoms with E-state index in [0.29, 0.717) is 23.8 Å². The number of nitrogens with zero attached hydrogens (tertiary/aromatic N) is 2. The number of hydrogen-bond acceptors (Lipinski definition) is 5. The SMILES string of the molecule is COc1cc2c(cc1OC)CN(C(=O)c1nc(C)c(C)s1)CC2. The zero-order valence-electron chi connectivity index (χ0n) is 13.8. The van der Waals surface area contributed by atoms with Crippen LogP contribution in [-0.2, 0) is 13.0 Å². The van der Waals surface area contributed by atoms with Crippen molar-refractivity contribution in [3.8, 4) is 11.5 Å². The fourth-order valence-corrected chi connectivity index (χ4v) is 3.64. The Balaban J connectivity index is 1.86. The first kappa shape index (κ1) is 15.8. The van der Waals surface area contributed by atoms with Crippen LogP contribution in [-0.4, -0.2) is 36.6 Å². The Morgan fingerprint density at radius 1 is 1.17 bits per heavy atom. The fraction of sp³-hybridized carbons (Fsp3) is 0.412. The molecule has 1 aliphatic heterocycles. The van der Waals surface area contributed by atoms with E-state index in [4.69, 9.17) is 9.47 Å². The second kappa shape index (κ2) is 6.20. The molecule has 1 aromatic carbocycles. The summed E-state index contributed by atoms with van der Waals surface area (Å²) in [5.74, 6) is 1.44. The summed E-state index contributed by atoms with van der Waals surface area (Å²) in [7, 11) is 3.26. The van der Waals surface area contributed by atoms with Gasteiger partial charge in [0.25, 0.3) is 5.91 Å². The van der Waals surface area contributed by atoms with Gasteiger partial charge in [-0.25, -0.2) is 4.98 Å². The minimum absolute atomic E-state index is 0.00614. The molecule has 122 valence electrons. The monoisotopic (exact) mass is 332 g/mol. The lowest BCUT2D eigenvalue weighted by atomic mass is 9.99. The third-order valence-electron chi connectivity index (χ3n) is 4.22. The molecule has 0 radical (unpaired) electrons. The summed E-state index contributed by atoms with van der Waals surface area (Å²) < 4.78 is 10.7. The van der Waals surface area contributed by atoms with E-state index in [1.165, 1.54) is 16.9 Å². The van der Waals surface area contributed by atoms with Gasteiger partial charge in [0.05, 0.1) is 19.9 Å². The van der Waals surface area contributed by atoms with Gasteiger partial charge >= 0.3 is 0 Å². The largest absolute Gasteiger partial charge is 0.493 e.